The maximum Gasteiger partial charge on any atom is 0.408 e. The van der Waals surface area contributed by atoms with Crippen LogP contribution in [0.15, 0.2) is 18.5 Å². The van der Waals surface area contributed by atoms with Gasteiger partial charge in [-0.15, -0.1) is 0 Å². The van der Waals surface area contributed by atoms with Crippen LogP contribution in [0.2, 0.25) is 0 Å². The molecule has 0 unspecified atom stereocenters. The summed E-state index contributed by atoms with van der Waals surface area (Å²) in [5.74, 6) is -0.145. The zero-order valence-electron chi connectivity index (χ0n) is 12.7. The van der Waals surface area contributed by atoms with Gasteiger partial charge >= 0.3 is 6.09 Å². The molecule has 0 spiro atoms. The van der Waals surface area contributed by atoms with Crippen molar-refractivity contribution in [2.75, 3.05) is 18.0 Å². The topological polar surface area (TPSA) is 71.5 Å². The molecule has 0 fully saturated rings. The number of nitrogens with one attached hydrogen (secondary N) is 1. The van der Waals surface area contributed by atoms with Gasteiger partial charge in [-0.1, -0.05) is 0 Å². The summed E-state index contributed by atoms with van der Waals surface area (Å²) in [5.41, 5.74) is 1.37. The molecule has 1 N–H and O–H groups in total. The predicted octanol–water partition coefficient (Wildman–Crippen LogP) is 1.89. The van der Waals surface area contributed by atoms with Crippen LogP contribution in [0.1, 0.15) is 32.8 Å². The molecule has 114 valence electrons. The fourth-order valence-electron chi connectivity index (χ4n) is 2.24. The second-order valence-corrected chi connectivity index (χ2v) is 6.01. The zero-order valence-corrected chi connectivity index (χ0v) is 12.7. The van der Waals surface area contributed by atoms with Gasteiger partial charge in [0, 0.05) is 24.6 Å². The summed E-state index contributed by atoms with van der Waals surface area (Å²) in [6.07, 6.45) is 4.70. The summed E-state index contributed by atoms with van der Waals surface area (Å²) in [7, 11) is 0. The molecule has 0 radical (unpaired) electrons. The number of pyridine rings is 1. The van der Waals surface area contributed by atoms with Crippen molar-refractivity contribution in [3.63, 3.8) is 0 Å². The van der Waals surface area contributed by atoms with Crippen molar-refractivity contribution in [2.45, 2.75) is 39.2 Å². The maximum atomic E-state index is 12.3. The van der Waals surface area contributed by atoms with E-state index in [0.29, 0.717) is 6.54 Å². The Hall–Kier alpha value is -2.11. The van der Waals surface area contributed by atoms with Gasteiger partial charge in [0.1, 0.15) is 12.1 Å². The van der Waals surface area contributed by atoms with Crippen LogP contribution in [-0.2, 0) is 16.0 Å². The molecule has 0 aromatic carbocycles. The van der Waals surface area contributed by atoms with E-state index in [2.05, 4.69) is 10.3 Å². The molecule has 2 amide bonds. The highest BCUT2D eigenvalue weighted by Crippen LogP contribution is 2.25. The number of hydrogen-bond donors (Lipinski definition) is 1. The third-order valence-electron chi connectivity index (χ3n) is 3.08. The monoisotopic (exact) mass is 291 g/mol. The van der Waals surface area contributed by atoms with Gasteiger partial charge < -0.3 is 15.0 Å². The van der Waals surface area contributed by atoms with E-state index in [0.717, 1.165) is 24.1 Å². The quantitative estimate of drug-likeness (QED) is 0.903. The van der Waals surface area contributed by atoms with E-state index in [9.17, 15) is 9.59 Å². The first-order valence-electron chi connectivity index (χ1n) is 7.07. The first-order chi connectivity index (χ1) is 9.87. The lowest BCUT2D eigenvalue weighted by atomic mass is 10.0. The number of carbonyl (C=O) groups is 2. The van der Waals surface area contributed by atoms with Crippen molar-refractivity contribution in [1.82, 2.24) is 10.3 Å². The molecule has 0 atom stereocenters. The summed E-state index contributed by atoms with van der Waals surface area (Å²) in [5, 5.41) is 2.50. The molecule has 2 heterocycles. The molecule has 1 aromatic rings. The van der Waals surface area contributed by atoms with Crippen LogP contribution in [-0.4, -0.2) is 35.7 Å². The van der Waals surface area contributed by atoms with Gasteiger partial charge in [-0.3, -0.25) is 9.78 Å². The maximum absolute atomic E-state index is 12.3. The molecule has 0 saturated heterocycles. The number of carbonyl (C=O) groups excluding carboxylic acids is 2. The minimum Gasteiger partial charge on any atom is -0.444 e. The Morgan fingerprint density at radius 2 is 2.19 bits per heavy atom. The van der Waals surface area contributed by atoms with Crippen molar-refractivity contribution in [2.24, 2.45) is 0 Å². The molecule has 1 aliphatic heterocycles. The van der Waals surface area contributed by atoms with E-state index in [4.69, 9.17) is 4.74 Å². The van der Waals surface area contributed by atoms with E-state index in [1.165, 1.54) is 0 Å². The van der Waals surface area contributed by atoms with Gasteiger partial charge in [0.15, 0.2) is 0 Å². The van der Waals surface area contributed by atoms with Crippen LogP contribution in [0.3, 0.4) is 0 Å². The summed E-state index contributed by atoms with van der Waals surface area (Å²) in [6, 6.07) is 1.83. The molecule has 0 aliphatic carbocycles. The average molecular weight is 291 g/mol. The highest BCUT2D eigenvalue weighted by Gasteiger charge is 2.23. The molecular weight excluding hydrogens is 270 g/mol. The van der Waals surface area contributed by atoms with Crippen molar-refractivity contribution >= 4 is 17.7 Å². The molecule has 6 nitrogen and oxygen atoms in total. The van der Waals surface area contributed by atoms with E-state index in [-0.39, 0.29) is 12.5 Å². The van der Waals surface area contributed by atoms with Gasteiger partial charge in [-0.05, 0) is 45.2 Å². The Morgan fingerprint density at radius 3 is 2.90 bits per heavy atom. The van der Waals surface area contributed by atoms with Crippen LogP contribution in [0.25, 0.3) is 0 Å². The van der Waals surface area contributed by atoms with Crippen molar-refractivity contribution < 1.29 is 14.3 Å². The molecule has 0 saturated carbocycles. The van der Waals surface area contributed by atoms with E-state index in [1.807, 2.05) is 6.07 Å². The largest absolute Gasteiger partial charge is 0.444 e. The average Bonchev–Trinajstić information content (AvgIpc) is 2.42. The second kappa shape index (κ2) is 6.11. The number of fused-ring (bicyclic) bond motifs is 1. The fraction of sp³-hybridized carbons (Fsp3) is 0.533. The van der Waals surface area contributed by atoms with Crippen molar-refractivity contribution in [1.29, 1.82) is 0 Å². The van der Waals surface area contributed by atoms with Crippen molar-refractivity contribution in [3.05, 3.63) is 24.0 Å². The smallest absolute Gasteiger partial charge is 0.408 e. The van der Waals surface area contributed by atoms with Gasteiger partial charge in [-0.2, -0.15) is 0 Å². The molecule has 1 aromatic heterocycles. The van der Waals surface area contributed by atoms with Crippen LogP contribution >= 0.6 is 0 Å². The lowest BCUT2D eigenvalue weighted by Crippen LogP contribution is -2.43. The number of anilines is 1. The number of hydrogen-bond acceptors (Lipinski definition) is 4. The fourth-order valence-corrected chi connectivity index (χ4v) is 2.24. The first-order valence-corrected chi connectivity index (χ1v) is 7.07. The van der Waals surface area contributed by atoms with Gasteiger partial charge in [0.25, 0.3) is 0 Å². The minimum atomic E-state index is -0.581. The molecule has 6 heteroatoms. The second-order valence-electron chi connectivity index (χ2n) is 6.01. The van der Waals surface area contributed by atoms with E-state index < -0.39 is 11.7 Å². The number of aromatic nitrogens is 1. The van der Waals surface area contributed by atoms with Crippen LogP contribution in [0.5, 0.6) is 0 Å². The summed E-state index contributed by atoms with van der Waals surface area (Å²) in [4.78, 5) is 29.6. The Labute approximate surface area is 124 Å². The standard InChI is InChI=1S/C15H21N3O3/c1-15(2,3)21-14(20)17-10-13(19)18-8-4-5-11-9-16-7-6-12(11)18/h6-7,9H,4-5,8,10H2,1-3H3,(H,17,20). The highest BCUT2D eigenvalue weighted by molar-refractivity contribution is 5.97. The van der Waals surface area contributed by atoms with Crippen molar-refractivity contribution in [3.8, 4) is 0 Å². The van der Waals surface area contributed by atoms with Crippen LogP contribution < -0.4 is 10.2 Å². The summed E-state index contributed by atoms with van der Waals surface area (Å²) >= 11 is 0. The molecule has 2 rings (SSSR count). The Balaban J connectivity index is 1.95. The molecular formula is C15H21N3O3. The van der Waals surface area contributed by atoms with Crippen LogP contribution in [0, 0.1) is 0 Å². The molecule has 21 heavy (non-hydrogen) atoms. The minimum absolute atomic E-state index is 0.0727. The SMILES string of the molecule is CC(C)(C)OC(=O)NCC(=O)N1CCCc2cnccc21. The number of aryl methyl sites for hydroxylation is 1. The summed E-state index contributed by atoms with van der Waals surface area (Å²) < 4.78 is 5.11. The zero-order chi connectivity index (χ0) is 15.5. The molecule has 0 bridgehead atoms. The lowest BCUT2D eigenvalue weighted by Gasteiger charge is -2.29. The van der Waals surface area contributed by atoms with E-state index >= 15 is 0 Å². The number of rotatable bonds is 2. The Bertz CT molecular complexity index is 537. The number of nitrogens with zero attached hydrogens (tertiary/aromatic N) is 2. The molecule has 1 aliphatic rings. The third kappa shape index (κ3) is 4.18. The normalized spacial score (nSPS) is 14.3. The van der Waals surface area contributed by atoms with E-state index in [1.54, 1.807) is 38.1 Å². The summed E-state index contributed by atoms with van der Waals surface area (Å²) in [6.45, 7) is 5.93. The van der Waals surface area contributed by atoms with Gasteiger partial charge in [-0.25, -0.2) is 4.79 Å². The number of ether oxygens (including phenoxy) is 1. The Morgan fingerprint density at radius 1 is 1.43 bits per heavy atom. The van der Waals surface area contributed by atoms with Crippen LogP contribution in [0.4, 0.5) is 10.5 Å². The Kier molecular flexibility index (Phi) is 4.45. The first kappa shape index (κ1) is 15.3. The van der Waals surface area contributed by atoms with Gasteiger partial charge in [0.2, 0.25) is 5.91 Å². The van der Waals surface area contributed by atoms with Gasteiger partial charge in [0.05, 0.1) is 0 Å². The third-order valence-corrected chi connectivity index (χ3v) is 3.08. The predicted molar refractivity (Wildman–Crippen MR) is 79.1 cm³/mol. The number of alkyl carbamates (subject to hydrolysis) is 1. The highest BCUT2D eigenvalue weighted by atomic mass is 16.6. The number of amides is 2. The lowest BCUT2D eigenvalue weighted by molar-refractivity contribution is -0.117.